The first-order valence-corrected chi connectivity index (χ1v) is 5.76. The Balaban J connectivity index is 4.88. The number of carbonyl (C=O) groups excluding carboxylic acids is 2. The molecule has 0 aliphatic carbocycles. The van der Waals surface area contributed by atoms with Crippen molar-refractivity contribution in [2.75, 3.05) is 7.11 Å². The van der Waals surface area contributed by atoms with Crippen LogP contribution in [-0.2, 0) is 14.3 Å². The smallest absolute Gasteiger partial charge is 0.412 e. The Morgan fingerprint density at radius 2 is 1.56 bits per heavy atom. The van der Waals surface area contributed by atoms with E-state index in [1.807, 2.05) is 20.8 Å². The van der Waals surface area contributed by atoms with Crippen molar-refractivity contribution in [2.45, 2.75) is 47.1 Å². The molecule has 0 aromatic rings. The van der Waals surface area contributed by atoms with Crippen molar-refractivity contribution >= 4 is 12.1 Å². The number of methoxy groups -OCH3 is 1. The lowest BCUT2D eigenvalue weighted by molar-refractivity contribution is -0.136. The third-order valence-corrected chi connectivity index (χ3v) is 1.62. The zero-order chi connectivity index (χ0) is 14.6. The number of alkyl carbamates (subject to hydrolysis) is 1. The zero-order valence-electron chi connectivity index (χ0n) is 12.2. The van der Waals surface area contributed by atoms with Gasteiger partial charge in [-0.3, -0.25) is 5.32 Å². The highest BCUT2D eigenvalue weighted by Crippen LogP contribution is 2.17. The number of rotatable bonds is 2. The van der Waals surface area contributed by atoms with Gasteiger partial charge in [0.15, 0.2) is 0 Å². The number of ether oxygens (including phenoxy) is 2. The van der Waals surface area contributed by atoms with Gasteiger partial charge in [-0.1, -0.05) is 20.8 Å². The summed E-state index contributed by atoms with van der Waals surface area (Å²) < 4.78 is 9.69. The second-order valence-corrected chi connectivity index (χ2v) is 6.04. The quantitative estimate of drug-likeness (QED) is 0.610. The minimum absolute atomic E-state index is 0.0826. The molecule has 0 aliphatic rings. The third kappa shape index (κ3) is 7.70. The molecule has 0 fully saturated rings. The zero-order valence-corrected chi connectivity index (χ0v) is 12.2. The molecule has 0 radical (unpaired) electrons. The van der Waals surface area contributed by atoms with Gasteiger partial charge in [-0.2, -0.15) is 0 Å². The fourth-order valence-electron chi connectivity index (χ4n) is 1.10. The molecule has 0 aromatic heterocycles. The van der Waals surface area contributed by atoms with E-state index in [1.54, 1.807) is 26.8 Å². The summed E-state index contributed by atoms with van der Waals surface area (Å²) in [6.07, 6.45) is 0.950. The highest BCUT2D eigenvalue weighted by Gasteiger charge is 2.21. The SMILES string of the molecule is COC(=O)/C(=C/C(C)(C)C)NC(=O)OC(C)(C)C. The van der Waals surface area contributed by atoms with Gasteiger partial charge in [-0.25, -0.2) is 9.59 Å². The summed E-state index contributed by atoms with van der Waals surface area (Å²) in [6.45, 7) is 11.0. The molecule has 0 aromatic carbocycles. The predicted octanol–water partition coefficient (Wildman–Crippen LogP) is 2.61. The van der Waals surface area contributed by atoms with Crippen molar-refractivity contribution in [3.8, 4) is 0 Å². The molecule has 0 atom stereocenters. The lowest BCUT2D eigenvalue weighted by Crippen LogP contribution is -2.35. The fraction of sp³-hybridized carbons (Fsp3) is 0.692. The Morgan fingerprint density at radius 1 is 1.06 bits per heavy atom. The second kappa shape index (κ2) is 5.89. The average Bonchev–Trinajstić information content (AvgIpc) is 2.10. The lowest BCUT2D eigenvalue weighted by atomic mass is 9.95. The van der Waals surface area contributed by atoms with E-state index in [0.717, 1.165) is 0 Å². The molecule has 0 heterocycles. The summed E-state index contributed by atoms with van der Waals surface area (Å²) >= 11 is 0. The highest BCUT2D eigenvalue weighted by atomic mass is 16.6. The molecule has 18 heavy (non-hydrogen) atoms. The molecule has 1 amide bonds. The Hall–Kier alpha value is -1.52. The Kier molecular flexibility index (Phi) is 5.39. The van der Waals surface area contributed by atoms with Crippen LogP contribution in [0.2, 0.25) is 0 Å². The van der Waals surface area contributed by atoms with Crippen LogP contribution in [0.1, 0.15) is 41.5 Å². The van der Waals surface area contributed by atoms with Crippen LogP contribution in [0.3, 0.4) is 0 Å². The number of nitrogens with one attached hydrogen (secondary N) is 1. The summed E-state index contributed by atoms with van der Waals surface area (Å²) in [6, 6.07) is 0. The minimum Gasteiger partial charge on any atom is -0.464 e. The van der Waals surface area contributed by atoms with Crippen molar-refractivity contribution in [3.63, 3.8) is 0 Å². The molecule has 104 valence electrons. The number of amides is 1. The number of hydrogen-bond donors (Lipinski definition) is 1. The van der Waals surface area contributed by atoms with Gasteiger partial charge in [0.1, 0.15) is 11.3 Å². The number of hydrogen-bond acceptors (Lipinski definition) is 4. The van der Waals surface area contributed by atoms with Gasteiger partial charge in [0.05, 0.1) is 7.11 Å². The first kappa shape index (κ1) is 16.5. The Morgan fingerprint density at radius 3 is 1.89 bits per heavy atom. The molecule has 0 bridgehead atoms. The van der Waals surface area contributed by atoms with Crippen LogP contribution in [-0.4, -0.2) is 24.8 Å². The summed E-state index contributed by atoms with van der Waals surface area (Å²) in [7, 11) is 1.26. The molecule has 5 nitrogen and oxygen atoms in total. The summed E-state index contributed by atoms with van der Waals surface area (Å²) in [5.41, 5.74) is -0.801. The van der Waals surface area contributed by atoms with Gasteiger partial charge < -0.3 is 9.47 Å². The standard InChI is InChI=1S/C13H23NO4/c1-12(2,3)8-9(10(15)17-7)14-11(16)18-13(4,5)6/h8H,1-7H3,(H,14,16)/b9-8-. The van der Waals surface area contributed by atoms with Crippen LogP contribution >= 0.6 is 0 Å². The van der Waals surface area contributed by atoms with Gasteiger partial charge in [-0.15, -0.1) is 0 Å². The maximum atomic E-state index is 11.6. The Bertz CT molecular complexity index is 345. The van der Waals surface area contributed by atoms with E-state index in [2.05, 4.69) is 10.1 Å². The van der Waals surface area contributed by atoms with E-state index in [-0.39, 0.29) is 11.1 Å². The maximum absolute atomic E-state index is 11.6. The van der Waals surface area contributed by atoms with Crippen LogP contribution in [0.4, 0.5) is 4.79 Å². The van der Waals surface area contributed by atoms with E-state index < -0.39 is 17.7 Å². The normalized spacial score (nSPS) is 12.9. The summed E-state index contributed by atoms with van der Waals surface area (Å²) in [5, 5.41) is 2.41. The van der Waals surface area contributed by atoms with Crippen molar-refractivity contribution in [2.24, 2.45) is 5.41 Å². The van der Waals surface area contributed by atoms with Crippen molar-refractivity contribution in [1.82, 2.24) is 5.32 Å². The van der Waals surface area contributed by atoms with Gasteiger partial charge >= 0.3 is 12.1 Å². The van der Waals surface area contributed by atoms with E-state index in [1.165, 1.54) is 7.11 Å². The fourth-order valence-corrected chi connectivity index (χ4v) is 1.10. The minimum atomic E-state index is -0.677. The molecule has 1 N–H and O–H groups in total. The van der Waals surface area contributed by atoms with E-state index in [9.17, 15) is 9.59 Å². The molecule has 0 spiro atoms. The van der Waals surface area contributed by atoms with E-state index >= 15 is 0 Å². The topological polar surface area (TPSA) is 64.6 Å². The van der Waals surface area contributed by atoms with Crippen LogP contribution < -0.4 is 5.32 Å². The molecule has 0 unspecified atom stereocenters. The number of allylic oxidation sites excluding steroid dienone is 1. The largest absolute Gasteiger partial charge is 0.464 e. The maximum Gasteiger partial charge on any atom is 0.412 e. The van der Waals surface area contributed by atoms with Crippen LogP contribution in [0, 0.1) is 5.41 Å². The molecule has 0 saturated carbocycles. The summed E-state index contributed by atoms with van der Waals surface area (Å²) in [4.78, 5) is 23.1. The number of esters is 1. The van der Waals surface area contributed by atoms with Crippen LogP contribution in [0.15, 0.2) is 11.8 Å². The van der Waals surface area contributed by atoms with Crippen molar-refractivity contribution in [3.05, 3.63) is 11.8 Å². The van der Waals surface area contributed by atoms with Crippen LogP contribution in [0.25, 0.3) is 0 Å². The second-order valence-electron chi connectivity index (χ2n) is 6.04. The molecule has 5 heteroatoms. The van der Waals surface area contributed by atoms with Crippen LogP contribution in [0.5, 0.6) is 0 Å². The van der Waals surface area contributed by atoms with E-state index in [4.69, 9.17) is 4.74 Å². The molecular weight excluding hydrogens is 234 g/mol. The van der Waals surface area contributed by atoms with Gasteiger partial charge in [-0.05, 0) is 32.3 Å². The molecular formula is C13H23NO4. The molecule has 0 rings (SSSR count). The monoisotopic (exact) mass is 257 g/mol. The van der Waals surface area contributed by atoms with E-state index in [0.29, 0.717) is 0 Å². The van der Waals surface area contributed by atoms with Gasteiger partial charge in [0, 0.05) is 0 Å². The van der Waals surface area contributed by atoms with Crippen molar-refractivity contribution in [1.29, 1.82) is 0 Å². The first-order chi connectivity index (χ1) is 7.94. The van der Waals surface area contributed by atoms with Crippen molar-refractivity contribution < 1.29 is 19.1 Å². The average molecular weight is 257 g/mol. The highest BCUT2D eigenvalue weighted by molar-refractivity contribution is 5.92. The molecule has 0 saturated heterocycles. The predicted molar refractivity (Wildman–Crippen MR) is 68.9 cm³/mol. The first-order valence-electron chi connectivity index (χ1n) is 5.76. The lowest BCUT2D eigenvalue weighted by Gasteiger charge is -2.21. The number of carbonyl (C=O) groups is 2. The summed E-state index contributed by atoms with van der Waals surface area (Å²) in [5.74, 6) is -0.601. The van der Waals surface area contributed by atoms with Gasteiger partial charge in [0.2, 0.25) is 0 Å². The molecule has 0 aliphatic heterocycles. The Labute approximate surface area is 109 Å². The van der Waals surface area contributed by atoms with Gasteiger partial charge in [0.25, 0.3) is 0 Å². The third-order valence-electron chi connectivity index (χ3n) is 1.62.